The molecule has 0 saturated carbocycles. The van der Waals surface area contributed by atoms with Crippen LogP contribution in [0.25, 0.3) is 11.3 Å². The molecule has 2 fully saturated rings. The van der Waals surface area contributed by atoms with Crippen molar-refractivity contribution in [3.8, 4) is 11.3 Å². The third kappa shape index (κ3) is 2.76. The van der Waals surface area contributed by atoms with Gasteiger partial charge in [-0.05, 0) is 38.1 Å². The van der Waals surface area contributed by atoms with Crippen molar-refractivity contribution in [1.82, 2.24) is 30.3 Å². The zero-order valence-electron chi connectivity index (χ0n) is 14.7. The molecule has 2 aromatic heterocycles. The van der Waals surface area contributed by atoms with E-state index in [0.29, 0.717) is 38.2 Å². The molecule has 8 heteroatoms. The van der Waals surface area contributed by atoms with Gasteiger partial charge in [-0.3, -0.25) is 24.6 Å². The van der Waals surface area contributed by atoms with Crippen LogP contribution in [0.2, 0.25) is 0 Å². The number of aromatic amines is 1. The topological polar surface area (TPSA) is 94.2 Å². The number of likely N-dealkylation sites (N-methyl/N-ethyl adjacent to an activating group) is 1. The van der Waals surface area contributed by atoms with Gasteiger partial charge in [-0.25, -0.2) is 0 Å². The molecule has 8 nitrogen and oxygen atoms in total. The summed E-state index contributed by atoms with van der Waals surface area (Å²) < 4.78 is 0. The number of H-pyrrole nitrogens is 1. The van der Waals surface area contributed by atoms with Gasteiger partial charge >= 0.3 is 0 Å². The molecule has 0 bridgehead atoms. The van der Waals surface area contributed by atoms with Crippen LogP contribution in [0.15, 0.2) is 30.6 Å². The highest BCUT2D eigenvalue weighted by Crippen LogP contribution is 2.30. The van der Waals surface area contributed by atoms with E-state index in [1.54, 1.807) is 23.4 Å². The molecule has 2 saturated heterocycles. The monoisotopic (exact) mass is 354 g/mol. The highest BCUT2D eigenvalue weighted by Gasteiger charge is 2.47. The van der Waals surface area contributed by atoms with Crippen LogP contribution in [0.5, 0.6) is 0 Å². The van der Waals surface area contributed by atoms with E-state index < -0.39 is 5.54 Å². The van der Waals surface area contributed by atoms with Crippen molar-refractivity contribution in [2.45, 2.75) is 18.4 Å². The Morgan fingerprint density at radius 3 is 2.62 bits per heavy atom. The van der Waals surface area contributed by atoms with E-state index in [1.165, 1.54) is 0 Å². The first-order valence-electron chi connectivity index (χ1n) is 8.85. The van der Waals surface area contributed by atoms with Gasteiger partial charge in [0.2, 0.25) is 5.91 Å². The maximum absolute atomic E-state index is 12.8. The SMILES string of the molecule is CN1CCNC(=O)C12CCN(C(=O)c1cc(-c3ccncc3)n[nH]1)CC2. The maximum atomic E-state index is 12.8. The molecule has 0 aromatic carbocycles. The van der Waals surface area contributed by atoms with Gasteiger partial charge in [-0.2, -0.15) is 5.10 Å². The Balaban J connectivity index is 1.46. The number of likely N-dealkylation sites (tertiary alicyclic amines) is 1. The Morgan fingerprint density at radius 1 is 1.19 bits per heavy atom. The van der Waals surface area contributed by atoms with Gasteiger partial charge in [0.05, 0.1) is 5.69 Å². The van der Waals surface area contributed by atoms with Crippen molar-refractivity contribution in [2.24, 2.45) is 0 Å². The molecule has 136 valence electrons. The minimum absolute atomic E-state index is 0.0773. The summed E-state index contributed by atoms with van der Waals surface area (Å²) in [6.45, 7) is 2.64. The molecule has 2 aromatic rings. The lowest BCUT2D eigenvalue weighted by atomic mass is 9.83. The lowest BCUT2D eigenvalue weighted by Crippen LogP contribution is -2.67. The van der Waals surface area contributed by atoms with Gasteiger partial charge in [0, 0.05) is 44.1 Å². The number of piperazine rings is 1. The molecular formula is C18H22N6O2. The lowest BCUT2D eigenvalue weighted by molar-refractivity contribution is -0.139. The van der Waals surface area contributed by atoms with Crippen LogP contribution in [-0.2, 0) is 4.79 Å². The van der Waals surface area contributed by atoms with E-state index in [-0.39, 0.29) is 11.8 Å². The fourth-order valence-electron chi connectivity index (χ4n) is 3.85. The molecule has 1 spiro atoms. The van der Waals surface area contributed by atoms with E-state index in [9.17, 15) is 9.59 Å². The number of hydrogen-bond donors (Lipinski definition) is 2. The molecule has 4 heterocycles. The van der Waals surface area contributed by atoms with Gasteiger partial charge in [0.15, 0.2) is 0 Å². The standard InChI is InChI=1S/C18H22N6O2/c1-23-11-8-20-17(26)18(23)4-9-24(10-5-18)16(25)15-12-14(21-22-15)13-2-6-19-7-3-13/h2-3,6-7,12H,4-5,8-11H2,1H3,(H,20,26)(H,21,22). The zero-order chi connectivity index (χ0) is 18.1. The van der Waals surface area contributed by atoms with Crippen LogP contribution >= 0.6 is 0 Å². The Bertz CT molecular complexity index is 810. The van der Waals surface area contributed by atoms with Crippen molar-refractivity contribution in [3.05, 3.63) is 36.3 Å². The molecule has 4 rings (SSSR count). The van der Waals surface area contributed by atoms with Gasteiger partial charge in [0.25, 0.3) is 5.91 Å². The molecule has 0 aliphatic carbocycles. The second-order valence-corrected chi connectivity index (χ2v) is 6.90. The zero-order valence-corrected chi connectivity index (χ0v) is 14.7. The van der Waals surface area contributed by atoms with Crippen molar-refractivity contribution >= 4 is 11.8 Å². The number of carbonyl (C=O) groups excluding carboxylic acids is 2. The van der Waals surface area contributed by atoms with E-state index in [2.05, 4.69) is 25.4 Å². The minimum atomic E-state index is -0.481. The number of hydrogen-bond acceptors (Lipinski definition) is 5. The molecule has 0 radical (unpaired) electrons. The number of rotatable bonds is 2. The van der Waals surface area contributed by atoms with E-state index in [1.807, 2.05) is 19.2 Å². The third-order valence-corrected chi connectivity index (χ3v) is 5.55. The Labute approximate surface area is 151 Å². The summed E-state index contributed by atoms with van der Waals surface area (Å²) in [5.41, 5.74) is 1.61. The number of nitrogens with zero attached hydrogens (tertiary/aromatic N) is 4. The number of amides is 2. The molecule has 26 heavy (non-hydrogen) atoms. The van der Waals surface area contributed by atoms with E-state index in [0.717, 1.165) is 17.8 Å². The molecule has 2 aliphatic rings. The first kappa shape index (κ1) is 16.7. The minimum Gasteiger partial charge on any atom is -0.353 e. The van der Waals surface area contributed by atoms with Crippen molar-refractivity contribution in [1.29, 1.82) is 0 Å². The van der Waals surface area contributed by atoms with Gasteiger partial charge in [-0.15, -0.1) is 0 Å². The average molecular weight is 354 g/mol. The summed E-state index contributed by atoms with van der Waals surface area (Å²) in [5.74, 6) is 0.00592. The predicted molar refractivity (Wildman–Crippen MR) is 95.3 cm³/mol. The van der Waals surface area contributed by atoms with Crippen LogP contribution < -0.4 is 5.32 Å². The quantitative estimate of drug-likeness (QED) is 0.819. The number of nitrogens with one attached hydrogen (secondary N) is 2. The van der Waals surface area contributed by atoms with Crippen molar-refractivity contribution in [2.75, 3.05) is 33.2 Å². The van der Waals surface area contributed by atoms with Crippen LogP contribution in [-0.4, -0.2) is 75.6 Å². The van der Waals surface area contributed by atoms with Crippen molar-refractivity contribution < 1.29 is 9.59 Å². The fraction of sp³-hybridized carbons (Fsp3) is 0.444. The van der Waals surface area contributed by atoms with Crippen LogP contribution in [0.1, 0.15) is 23.3 Å². The van der Waals surface area contributed by atoms with Gasteiger partial charge < -0.3 is 10.2 Å². The van der Waals surface area contributed by atoms with Crippen molar-refractivity contribution in [3.63, 3.8) is 0 Å². The van der Waals surface area contributed by atoms with E-state index >= 15 is 0 Å². The molecule has 2 aliphatic heterocycles. The number of aromatic nitrogens is 3. The molecular weight excluding hydrogens is 332 g/mol. The highest BCUT2D eigenvalue weighted by atomic mass is 16.2. The van der Waals surface area contributed by atoms with Gasteiger partial charge in [0.1, 0.15) is 11.2 Å². The Hall–Kier alpha value is -2.74. The normalized spacial score (nSPS) is 20.2. The smallest absolute Gasteiger partial charge is 0.271 e. The Kier molecular flexibility index (Phi) is 4.20. The lowest BCUT2D eigenvalue weighted by Gasteiger charge is -2.48. The second kappa shape index (κ2) is 6.53. The molecule has 0 atom stereocenters. The van der Waals surface area contributed by atoms with Crippen LogP contribution in [0.4, 0.5) is 0 Å². The summed E-state index contributed by atoms with van der Waals surface area (Å²) >= 11 is 0. The van der Waals surface area contributed by atoms with Gasteiger partial charge in [-0.1, -0.05) is 0 Å². The number of carbonyl (C=O) groups is 2. The molecule has 0 unspecified atom stereocenters. The summed E-state index contributed by atoms with van der Waals surface area (Å²) in [7, 11) is 1.99. The maximum Gasteiger partial charge on any atom is 0.271 e. The second-order valence-electron chi connectivity index (χ2n) is 6.90. The summed E-state index contributed by atoms with van der Waals surface area (Å²) in [5, 5.41) is 10.0. The molecule has 2 N–H and O–H groups in total. The van der Waals surface area contributed by atoms with Crippen LogP contribution in [0.3, 0.4) is 0 Å². The first-order valence-corrected chi connectivity index (χ1v) is 8.85. The fourth-order valence-corrected chi connectivity index (χ4v) is 3.85. The summed E-state index contributed by atoms with van der Waals surface area (Å²) in [6, 6.07) is 5.47. The van der Waals surface area contributed by atoms with Crippen LogP contribution in [0, 0.1) is 0 Å². The molecule has 2 amide bonds. The van der Waals surface area contributed by atoms with E-state index in [4.69, 9.17) is 0 Å². The average Bonchev–Trinajstić information content (AvgIpc) is 3.17. The first-order chi connectivity index (χ1) is 12.6. The number of piperidine rings is 1. The highest BCUT2D eigenvalue weighted by molar-refractivity contribution is 5.94. The summed E-state index contributed by atoms with van der Waals surface area (Å²) in [6.07, 6.45) is 4.68. The predicted octanol–water partition coefficient (Wildman–Crippen LogP) is 0.508. The Morgan fingerprint density at radius 2 is 1.92 bits per heavy atom. The third-order valence-electron chi connectivity index (χ3n) is 5.55. The largest absolute Gasteiger partial charge is 0.353 e. The summed E-state index contributed by atoms with van der Waals surface area (Å²) in [4.78, 5) is 33.1. The number of pyridine rings is 1.